The number of aliphatic hydroxyl groups is 1. The molecule has 0 spiro atoms. The van der Waals surface area contributed by atoms with Crippen LogP contribution < -0.4 is 0 Å². The molecule has 0 aliphatic carbocycles. The van der Waals surface area contributed by atoms with Crippen molar-refractivity contribution < 1.29 is 33.6 Å². The Hall–Kier alpha value is -1.06. The van der Waals surface area contributed by atoms with E-state index in [1.54, 1.807) is 6.92 Å². The van der Waals surface area contributed by atoms with Crippen molar-refractivity contribution in [2.24, 2.45) is 11.8 Å². The van der Waals surface area contributed by atoms with Crippen molar-refractivity contribution in [2.75, 3.05) is 13.8 Å². The second kappa shape index (κ2) is 3.77. The number of likely N-dealkylation sites (tertiary alicyclic amines) is 1. The lowest BCUT2D eigenvalue weighted by Gasteiger charge is -2.24. The minimum atomic E-state index is -1.17. The zero-order chi connectivity index (χ0) is 14.2. The van der Waals surface area contributed by atoms with Crippen molar-refractivity contribution in [3.05, 3.63) is 0 Å². The van der Waals surface area contributed by atoms with Gasteiger partial charge in [-0.1, -0.05) is 0 Å². The third-order valence-electron chi connectivity index (χ3n) is 4.70. The lowest BCUT2D eigenvalue weighted by Crippen LogP contribution is -2.46. The summed E-state index contributed by atoms with van der Waals surface area (Å²) >= 11 is 0. The monoisotopic (exact) mass is 285 g/mol. The summed E-state index contributed by atoms with van der Waals surface area (Å²) in [6.07, 6.45) is -1.91. The molecule has 0 radical (unpaired) electrons. The Balaban J connectivity index is 1.67. The number of rotatable bonds is 2. The first-order chi connectivity index (χ1) is 9.50. The van der Waals surface area contributed by atoms with Crippen LogP contribution in [-0.4, -0.2) is 66.1 Å². The highest BCUT2D eigenvalue weighted by molar-refractivity contribution is 6.06. The van der Waals surface area contributed by atoms with Gasteiger partial charge in [0.05, 0.1) is 24.0 Å². The summed E-state index contributed by atoms with van der Waals surface area (Å²) in [5.41, 5.74) is 0. The second-order valence-corrected chi connectivity index (χ2v) is 5.59. The fourth-order valence-corrected chi connectivity index (χ4v) is 3.78. The number of ether oxygens (including phenoxy) is 4. The van der Waals surface area contributed by atoms with Gasteiger partial charge in [-0.2, -0.15) is 0 Å². The van der Waals surface area contributed by atoms with E-state index in [0.717, 1.165) is 4.90 Å². The molecule has 0 saturated carbocycles. The van der Waals surface area contributed by atoms with Crippen molar-refractivity contribution in [2.45, 2.75) is 37.3 Å². The van der Waals surface area contributed by atoms with Crippen LogP contribution in [0.2, 0.25) is 0 Å². The van der Waals surface area contributed by atoms with Gasteiger partial charge >= 0.3 is 0 Å². The number of fused-ring (bicyclic) bond motifs is 8. The largest absolute Gasteiger partial charge is 0.376 e. The van der Waals surface area contributed by atoms with Gasteiger partial charge < -0.3 is 24.1 Å². The summed E-state index contributed by atoms with van der Waals surface area (Å²) in [5.74, 6) is -3.16. The van der Waals surface area contributed by atoms with E-state index in [1.165, 1.54) is 7.11 Å². The fourth-order valence-electron chi connectivity index (χ4n) is 3.78. The number of hydrogen-bond donors (Lipinski definition) is 1. The van der Waals surface area contributed by atoms with Gasteiger partial charge in [-0.3, -0.25) is 14.5 Å². The minimum Gasteiger partial charge on any atom is -0.376 e. The molecule has 2 bridgehead atoms. The first kappa shape index (κ1) is 12.7. The molecule has 2 amide bonds. The zero-order valence-corrected chi connectivity index (χ0v) is 11.0. The number of methoxy groups -OCH3 is 1. The Morgan fingerprint density at radius 2 is 1.65 bits per heavy atom. The molecule has 4 saturated heterocycles. The molecule has 20 heavy (non-hydrogen) atoms. The summed E-state index contributed by atoms with van der Waals surface area (Å²) in [4.78, 5) is 25.2. The Morgan fingerprint density at radius 1 is 1.15 bits per heavy atom. The standard InChI is InChI=1S/C12H15NO7/c1-12(17-2)19-8-6-4-5(7(18-6)9(8)20-12)11(16)13(3-14)10(4)15/h4-9,14H,3H2,1-2H3/t4?,5?,6-,7?,8+,9?,12?/m0/s1. The van der Waals surface area contributed by atoms with Crippen LogP contribution in [0.3, 0.4) is 0 Å². The van der Waals surface area contributed by atoms with Crippen LogP contribution in [0.5, 0.6) is 0 Å². The molecule has 8 nitrogen and oxygen atoms in total. The molecule has 8 heteroatoms. The van der Waals surface area contributed by atoms with Crippen molar-refractivity contribution in [3.8, 4) is 0 Å². The van der Waals surface area contributed by atoms with E-state index in [9.17, 15) is 9.59 Å². The van der Waals surface area contributed by atoms with E-state index in [0.29, 0.717) is 0 Å². The fraction of sp³-hybridized carbons (Fsp3) is 0.833. The van der Waals surface area contributed by atoms with Crippen molar-refractivity contribution in [1.29, 1.82) is 0 Å². The molecular formula is C12H15NO7. The molecule has 4 aliphatic heterocycles. The summed E-state index contributed by atoms with van der Waals surface area (Å²) in [5, 5.41) is 9.14. The molecule has 0 aromatic heterocycles. The highest BCUT2D eigenvalue weighted by Crippen LogP contribution is 2.54. The van der Waals surface area contributed by atoms with Crippen LogP contribution in [0, 0.1) is 11.8 Å². The van der Waals surface area contributed by atoms with Gasteiger partial charge in [0.25, 0.3) is 5.97 Å². The molecule has 4 aliphatic rings. The first-order valence-electron chi connectivity index (χ1n) is 6.53. The van der Waals surface area contributed by atoms with E-state index >= 15 is 0 Å². The van der Waals surface area contributed by atoms with Crippen molar-refractivity contribution in [1.82, 2.24) is 4.90 Å². The van der Waals surface area contributed by atoms with Gasteiger partial charge in [0.2, 0.25) is 11.8 Å². The topological polar surface area (TPSA) is 94.5 Å². The maximum Gasteiger partial charge on any atom is 0.280 e. The lowest BCUT2D eigenvalue weighted by atomic mass is 9.78. The Kier molecular flexibility index (Phi) is 2.39. The summed E-state index contributed by atoms with van der Waals surface area (Å²) < 4.78 is 22.3. The Labute approximate surface area is 114 Å². The van der Waals surface area contributed by atoms with Crippen LogP contribution >= 0.6 is 0 Å². The number of hydrogen-bond acceptors (Lipinski definition) is 7. The second-order valence-electron chi connectivity index (χ2n) is 5.59. The number of carbonyl (C=O) groups is 2. The number of aliphatic hydroxyl groups excluding tert-OH is 1. The average Bonchev–Trinajstić information content (AvgIpc) is 3.09. The Bertz CT molecular complexity index is 458. The van der Waals surface area contributed by atoms with E-state index in [4.69, 9.17) is 24.1 Å². The van der Waals surface area contributed by atoms with Crippen LogP contribution in [0.4, 0.5) is 0 Å². The number of imide groups is 1. The molecular weight excluding hydrogens is 270 g/mol. The van der Waals surface area contributed by atoms with E-state index in [-0.39, 0.29) is 0 Å². The molecule has 4 rings (SSSR count). The van der Waals surface area contributed by atoms with E-state index in [2.05, 4.69) is 0 Å². The van der Waals surface area contributed by atoms with Gasteiger partial charge in [-0.15, -0.1) is 0 Å². The number of carbonyl (C=O) groups excluding carboxylic acids is 2. The van der Waals surface area contributed by atoms with Crippen molar-refractivity contribution in [3.63, 3.8) is 0 Å². The zero-order valence-electron chi connectivity index (χ0n) is 11.0. The smallest absolute Gasteiger partial charge is 0.280 e. The molecule has 0 aromatic rings. The highest BCUT2D eigenvalue weighted by Gasteiger charge is 2.73. The van der Waals surface area contributed by atoms with Crippen molar-refractivity contribution >= 4 is 11.8 Å². The van der Waals surface area contributed by atoms with Crippen LogP contribution in [-0.2, 0) is 28.5 Å². The predicted octanol–water partition coefficient (Wildman–Crippen LogP) is -1.58. The maximum absolute atomic E-state index is 12.2. The quantitative estimate of drug-likeness (QED) is 0.612. The summed E-state index contributed by atoms with van der Waals surface area (Å²) in [6.45, 7) is 1.04. The first-order valence-corrected chi connectivity index (χ1v) is 6.53. The lowest BCUT2D eigenvalue weighted by molar-refractivity contribution is -0.330. The average molecular weight is 285 g/mol. The minimum absolute atomic E-state index is 0.400. The van der Waals surface area contributed by atoms with Gasteiger partial charge in [-0.05, 0) is 0 Å². The summed E-state index contributed by atoms with van der Waals surface area (Å²) in [6, 6.07) is 0. The molecule has 4 heterocycles. The third kappa shape index (κ3) is 1.28. The van der Waals surface area contributed by atoms with Gasteiger partial charge in [-0.25, -0.2) is 0 Å². The normalized spacial score (nSPS) is 52.9. The van der Waals surface area contributed by atoms with Crippen LogP contribution in [0.25, 0.3) is 0 Å². The van der Waals surface area contributed by atoms with Gasteiger partial charge in [0.1, 0.15) is 18.9 Å². The number of nitrogens with zero attached hydrogens (tertiary/aromatic N) is 1. The molecule has 4 fully saturated rings. The molecule has 1 N–H and O–H groups in total. The predicted molar refractivity (Wildman–Crippen MR) is 59.7 cm³/mol. The van der Waals surface area contributed by atoms with Crippen LogP contribution in [0.15, 0.2) is 0 Å². The van der Waals surface area contributed by atoms with E-state index in [1.807, 2.05) is 0 Å². The maximum atomic E-state index is 12.2. The van der Waals surface area contributed by atoms with Gasteiger partial charge in [0, 0.05) is 14.0 Å². The molecule has 0 aromatic carbocycles. The van der Waals surface area contributed by atoms with Gasteiger partial charge in [0.15, 0.2) is 0 Å². The van der Waals surface area contributed by atoms with E-state index < -0.39 is 60.8 Å². The summed E-state index contributed by atoms with van der Waals surface area (Å²) in [7, 11) is 1.47. The SMILES string of the molecule is COC1(C)OC2C3O[C@@H](C4C(=O)N(CO)C(=O)C34)[C@H]2O1. The third-order valence-corrected chi connectivity index (χ3v) is 4.70. The molecule has 110 valence electrons. The molecule has 7 atom stereocenters. The number of amides is 2. The highest BCUT2D eigenvalue weighted by atomic mass is 16.9. The molecule has 5 unspecified atom stereocenters. The Morgan fingerprint density at radius 3 is 2.05 bits per heavy atom. The van der Waals surface area contributed by atoms with Crippen LogP contribution in [0.1, 0.15) is 6.92 Å².